The highest BCUT2D eigenvalue weighted by Crippen LogP contribution is 2.29. The zero-order chi connectivity index (χ0) is 16.7. The van der Waals surface area contributed by atoms with Crippen molar-refractivity contribution in [3.63, 3.8) is 0 Å². The maximum atomic E-state index is 12.1. The summed E-state index contributed by atoms with van der Waals surface area (Å²) < 4.78 is 10.6. The number of aromatic nitrogens is 2. The molecule has 1 N–H and O–H groups in total. The predicted octanol–water partition coefficient (Wildman–Crippen LogP) is 2.46. The summed E-state index contributed by atoms with van der Waals surface area (Å²) in [5, 5.41) is 3.52. The lowest BCUT2D eigenvalue weighted by molar-refractivity contribution is -0.119. The van der Waals surface area contributed by atoms with Crippen LogP contribution in [0.5, 0.6) is 11.5 Å². The zero-order valence-corrected chi connectivity index (χ0v) is 14.1. The van der Waals surface area contributed by atoms with Gasteiger partial charge in [-0.1, -0.05) is 11.8 Å². The molecule has 1 aromatic heterocycles. The van der Waals surface area contributed by atoms with Crippen molar-refractivity contribution in [2.45, 2.75) is 18.1 Å². The Bertz CT molecular complexity index is 652. The number of carbonyl (C=O) groups excluding carboxylic acids is 1. The van der Waals surface area contributed by atoms with E-state index in [0.717, 1.165) is 5.56 Å². The van der Waals surface area contributed by atoms with Crippen molar-refractivity contribution in [3.05, 3.63) is 42.2 Å². The third-order valence-corrected chi connectivity index (χ3v) is 4.03. The van der Waals surface area contributed by atoms with Crippen LogP contribution in [0, 0.1) is 0 Å². The van der Waals surface area contributed by atoms with Crippen molar-refractivity contribution in [3.8, 4) is 11.5 Å². The van der Waals surface area contributed by atoms with Gasteiger partial charge in [-0.25, -0.2) is 9.97 Å². The summed E-state index contributed by atoms with van der Waals surface area (Å²) in [6, 6.07) is 7.03. The Morgan fingerprint density at radius 2 is 2.00 bits per heavy atom. The number of carbonyl (C=O) groups is 1. The highest BCUT2D eigenvalue weighted by molar-refractivity contribution is 7.99. The number of thioether (sulfide) groups is 1. The number of nitrogens with one attached hydrogen (secondary N) is 1. The highest BCUT2D eigenvalue weighted by Gasteiger charge is 2.15. The third kappa shape index (κ3) is 4.85. The molecule has 0 fully saturated rings. The van der Waals surface area contributed by atoms with E-state index in [4.69, 9.17) is 9.47 Å². The van der Waals surface area contributed by atoms with E-state index in [1.807, 2.05) is 25.1 Å². The van der Waals surface area contributed by atoms with Gasteiger partial charge in [-0.2, -0.15) is 0 Å². The van der Waals surface area contributed by atoms with Gasteiger partial charge in [0.25, 0.3) is 0 Å². The number of nitrogens with zero attached hydrogens (tertiary/aromatic N) is 2. The van der Waals surface area contributed by atoms with Gasteiger partial charge in [0.05, 0.1) is 26.0 Å². The van der Waals surface area contributed by atoms with Crippen LogP contribution in [0.4, 0.5) is 0 Å². The van der Waals surface area contributed by atoms with Crippen LogP contribution in [0.25, 0.3) is 0 Å². The fourth-order valence-electron chi connectivity index (χ4n) is 2.03. The van der Waals surface area contributed by atoms with Crippen molar-refractivity contribution in [2.75, 3.05) is 20.0 Å². The average Bonchev–Trinajstić information content (AvgIpc) is 2.60. The molecule has 0 bridgehead atoms. The van der Waals surface area contributed by atoms with Crippen LogP contribution in [0.1, 0.15) is 18.5 Å². The molecule has 2 rings (SSSR count). The van der Waals surface area contributed by atoms with Gasteiger partial charge in [-0.15, -0.1) is 0 Å². The van der Waals surface area contributed by atoms with Crippen LogP contribution in [0.3, 0.4) is 0 Å². The second-order valence-corrected chi connectivity index (χ2v) is 5.66. The molecular formula is C16H19N3O3S. The van der Waals surface area contributed by atoms with E-state index in [9.17, 15) is 4.79 Å². The lowest BCUT2D eigenvalue weighted by Gasteiger charge is -2.18. The van der Waals surface area contributed by atoms with Gasteiger partial charge in [0.1, 0.15) is 11.5 Å². The van der Waals surface area contributed by atoms with Crippen molar-refractivity contribution in [1.29, 1.82) is 0 Å². The first-order chi connectivity index (χ1) is 11.1. The largest absolute Gasteiger partial charge is 0.497 e. The molecule has 0 spiro atoms. The molecule has 0 saturated carbocycles. The second kappa shape index (κ2) is 8.38. The number of hydrogen-bond donors (Lipinski definition) is 1. The standard InChI is InChI=1S/C16H19N3O3S/c1-11(13-9-12(21-2)5-6-14(13)22-3)19-15(20)10-23-16-17-7-4-8-18-16/h4-9,11H,10H2,1-3H3,(H,19,20)/t11-/m0/s1. The molecular weight excluding hydrogens is 314 g/mol. The number of benzene rings is 1. The lowest BCUT2D eigenvalue weighted by atomic mass is 10.1. The minimum Gasteiger partial charge on any atom is -0.497 e. The average molecular weight is 333 g/mol. The predicted molar refractivity (Wildman–Crippen MR) is 88.9 cm³/mol. The Balaban J connectivity index is 1.98. The summed E-state index contributed by atoms with van der Waals surface area (Å²) in [6.45, 7) is 1.90. The Kier molecular flexibility index (Phi) is 6.22. The second-order valence-electron chi connectivity index (χ2n) is 4.72. The van der Waals surface area contributed by atoms with Crippen LogP contribution in [0.15, 0.2) is 41.8 Å². The minimum atomic E-state index is -0.204. The summed E-state index contributed by atoms with van der Waals surface area (Å²) in [6.07, 6.45) is 3.30. The van der Waals surface area contributed by atoms with Gasteiger partial charge < -0.3 is 14.8 Å². The molecule has 1 atom stereocenters. The van der Waals surface area contributed by atoms with Crippen molar-refractivity contribution >= 4 is 17.7 Å². The Morgan fingerprint density at radius 1 is 1.26 bits per heavy atom. The smallest absolute Gasteiger partial charge is 0.230 e. The first kappa shape index (κ1) is 17.1. The van der Waals surface area contributed by atoms with E-state index in [2.05, 4.69) is 15.3 Å². The topological polar surface area (TPSA) is 73.3 Å². The molecule has 0 aliphatic rings. The molecule has 0 saturated heterocycles. The molecule has 0 unspecified atom stereocenters. The summed E-state index contributed by atoms with van der Waals surface area (Å²) in [7, 11) is 3.20. The molecule has 6 nitrogen and oxygen atoms in total. The Hall–Kier alpha value is -2.28. The number of ether oxygens (including phenoxy) is 2. The van der Waals surface area contributed by atoms with Crippen LogP contribution >= 0.6 is 11.8 Å². The van der Waals surface area contributed by atoms with Gasteiger partial charge in [0.2, 0.25) is 5.91 Å². The van der Waals surface area contributed by atoms with Crippen LogP contribution < -0.4 is 14.8 Å². The Labute approximate surface area is 139 Å². The fourth-order valence-corrected chi connectivity index (χ4v) is 2.64. The maximum absolute atomic E-state index is 12.1. The van der Waals surface area contributed by atoms with Gasteiger partial charge in [0, 0.05) is 18.0 Å². The van der Waals surface area contributed by atoms with Crippen molar-refractivity contribution in [1.82, 2.24) is 15.3 Å². The monoisotopic (exact) mass is 333 g/mol. The normalized spacial score (nSPS) is 11.6. The van der Waals surface area contributed by atoms with Gasteiger partial charge in [0.15, 0.2) is 5.16 Å². The number of rotatable bonds is 7. The maximum Gasteiger partial charge on any atom is 0.230 e. The molecule has 0 aliphatic heterocycles. The molecule has 2 aromatic rings. The lowest BCUT2D eigenvalue weighted by Crippen LogP contribution is -2.28. The first-order valence-corrected chi connectivity index (χ1v) is 8.03. The SMILES string of the molecule is COc1ccc(OC)c([C@H](C)NC(=O)CSc2ncccn2)c1. The van der Waals surface area contributed by atoms with E-state index >= 15 is 0 Å². The fraction of sp³-hybridized carbons (Fsp3) is 0.312. The quantitative estimate of drug-likeness (QED) is 0.620. The van der Waals surface area contributed by atoms with Gasteiger partial charge in [-0.3, -0.25) is 4.79 Å². The summed E-state index contributed by atoms with van der Waals surface area (Å²) >= 11 is 1.29. The van der Waals surface area contributed by atoms with E-state index in [1.165, 1.54) is 11.8 Å². The highest BCUT2D eigenvalue weighted by atomic mass is 32.2. The number of hydrogen-bond acceptors (Lipinski definition) is 6. The summed E-state index contributed by atoms with van der Waals surface area (Å²) in [5.74, 6) is 1.58. The third-order valence-electron chi connectivity index (χ3n) is 3.16. The molecule has 1 aromatic carbocycles. The van der Waals surface area contributed by atoms with Crippen LogP contribution in [-0.2, 0) is 4.79 Å². The molecule has 1 amide bonds. The van der Waals surface area contributed by atoms with E-state index in [-0.39, 0.29) is 17.7 Å². The summed E-state index contributed by atoms with van der Waals surface area (Å²) in [4.78, 5) is 20.2. The van der Waals surface area contributed by atoms with Crippen molar-refractivity contribution in [2.24, 2.45) is 0 Å². The first-order valence-electron chi connectivity index (χ1n) is 7.05. The molecule has 23 heavy (non-hydrogen) atoms. The Morgan fingerprint density at radius 3 is 2.65 bits per heavy atom. The van der Waals surface area contributed by atoms with Gasteiger partial charge >= 0.3 is 0 Å². The van der Waals surface area contributed by atoms with E-state index in [1.54, 1.807) is 32.7 Å². The number of methoxy groups -OCH3 is 2. The molecule has 122 valence electrons. The minimum absolute atomic E-state index is 0.0974. The van der Waals surface area contributed by atoms with Crippen molar-refractivity contribution < 1.29 is 14.3 Å². The molecule has 0 aliphatic carbocycles. The van der Waals surface area contributed by atoms with Crippen LogP contribution in [0.2, 0.25) is 0 Å². The molecule has 1 heterocycles. The van der Waals surface area contributed by atoms with Crippen LogP contribution in [-0.4, -0.2) is 35.8 Å². The van der Waals surface area contributed by atoms with Gasteiger partial charge in [-0.05, 0) is 31.2 Å². The summed E-state index contributed by atoms with van der Waals surface area (Å²) in [5.41, 5.74) is 0.862. The molecule has 7 heteroatoms. The van der Waals surface area contributed by atoms with E-state index in [0.29, 0.717) is 16.7 Å². The number of amides is 1. The van der Waals surface area contributed by atoms with E-state index < -0.39 is 0 Å². The molecule has 0 radical (unpaired) electrons. The zero-order valence-electron chi connectivity index (χ0n) is 13.3.